The van der Waals surface area contributed by atoms with Crippen LogP contribution in [0.4, 0.5) is 0 Å². The molecule has 0 unspecified atom stereocenters. The van der Waals surface area contributed by atoms with Gasteiger partial charge in [0.05, 0.1) is 6.54 Å². The molecule has 178 valence electrons. The quantitative estimate of drug-likeness (QED) is 0.285. The lowest BCUT2D eigenvalue weighted by molar-refractivity contribution is -0.129. The fourth-order valence-corrected chi connectivity index (χ4v) is 4.38. The van der Waals surface area contributed by atoms with Crippen molar-refractivity contribution in [3.63, 3.8) is 0 Å². The summed E-state index contributed by atoms with van der Waals surface area (Å²) in [5.74, 6) is -0.856. The Kier molecular flexibility index (Phi) is 7.70. The van der Waals surface area contributed by atoms with Crippen LogP contribution in [0.1, 0.15) is 28.4 Å². The van der Waals surface area contributed by atoms with Gasteiger partial charge in [0, 0.05) is 6.42 Å². The number of rotatable bonds is 9. The van der Waals surface area contributed by atoms with Gasteiger partial charge in [0.2, 0.25) is 18.2 Å². The molecule has 0 bridgehead atoms. The van der Waals surface area contributed by atoms with Crippen LogP contribution in [0.5, 0.6) is 0 Å². The van der Waals surface area contributed by atoms with Gasteiger partial charge in [-0.05, 0) is 39.4 Å². The van der Waals surface area contributed by atoms with Crippen molar-refractivity contribution in [3.05, 3.63) is 101 Å². The zero-order valence-electron chi connectivity index (χ0n) is 19.2. The molecular weight excluding hydrogens is 440 g/mol. The average Bonchev–Trinajstić information content (AvgIpc) is 3.13. The first-order chi connectivity index (χ1) is 17.1. The molecule has 4 rings (SSSR count). The predicted octanol–water partition coefficient (Wildman–Crippen LogP) is 2.51. The van der Waals surface area contributed by atoms with Gasteiger partial charge < -0.3 is 21.7 Å². The van der Waals surface area contributed by atoms with Gasteiger partial charge in [-0.1, -0.05) is 85.0 Å². The van der Waals surface area contributed by atoms with Gasteiger partial charge in [0.1, 0.15) is 12.2 Å². The highest BCUT2D eigenvalue weighted by atomic mass is 16.2. The Morgan fingerprint density at radius 2 is 1.77 bits per heavy atom. The maximum Gasteiger partial charge on any atom is 0.244 e. The number of fused-ring (bicyclic) bond motifs is 2. The molecule has 0 aliphatic heterocycles. The summed E-state index contributed by atoms with van der Waals surface area (Å²) >= 11 is 0. The second kappa shape index (κ2) is 11.3. The second-order valence-corrected chi connectivity index (χ2v) is 8.30. The SMILES string of the molecule is NCC(=O)N[C@H](Cc1cccc2ccccc12)C(=O)N[C@@H](NC=O)c1cccc2c1CC=CC=C2. The van der Waals surface area contributed by atoms with E-state index in [1.54, 1.807) is 0 Å². The molecule has 3 aromatic carbocycles. The summed E-state index contributed by atoms with van der Waals surface area (Å²) in [5, 5.41) is 10.4. The van der Waals surface area contributed by atoms with E-state index in [1.165, 1.54) is 0 Å². The lowest BCUT2D eigenvalue weighted by Crippen LogP contribution is -2.52. The molecule has 1 aliphatic carbocycles. The largest absolute Gasteiger partial charge is 0.343 e. The monoisotopic (exact) mass is 468 g/mol. The minimum Gasteiger partial charge on any atom is -0.343 e. The van der Waals surface area contributed by atoms with E-state index in [0.29, 0.717) is 12.8 Å². The van der Waals surface area contributed by atoms with Crippen molar-refractivity contribution in [2.24, 2.45) is 5.73 Å². The van der Waals surface area contributed by atoms with Gasteiger partial charge in [0.25, 0.3) is 0 Å². The number of hydrogen-bond donors (Lipinski definition) is 4. The highest BCUT2D eigenvalue weighted by Crippen LogP contribution is 2.25. The number of hydrogen-bond acceptors (Lipinski definition) is 4. The molecule has 5 N–H and O–H groups in total. The van der Waals surface area contributed by atoms with Gasteiger partial charge in [-0.3, -0.25) is 14.4 Å². The molecule has 3 aromatic rings. The van der Waals surface area contributed by atoms with Gasteiger partial charge >= 0.3 is 0 Å². The number of allylic oxidation sites excluding steroid dienone is 3. The zero-order valence-corrected chi connectivity index (χ0v) is 19.2. The molecule has 7 heteroatoms. The molecule has 0 heterocycles. The first-order valence-electron chi connectivity index (χ1n) is 11.5. The lowest BCUT2D eigenvalue weighted by atomic mass is 9.96. The smallest absolute Gasteiger partial charge is 0.244 e. The zero-order chi connectivity index (χ0) is 24.6. The highest BCUT2D eigenvalue weighted by molar-refractivity contribution is 5.91. The molecule has 0 spiro atoms. The Labute approximate surface area is 204 Å². The van der Waals surface area contributed by atoms with E-state index in [-0.39, 0.29) is 13.0 Å². The average molecular weight is 469 g/mol. The van der Waals surface area contributed by atoms with Crippen molar-refractivity contribution in [1.29, 1.82) is 0 Å². The topological polar surface area (TPSA) is 113 Å². The van der Waals surface area contributed by atoms with Gasteiger partial charge in [-0.25, -0.2) is 0 Å². The number of nitrogens with one attached hydrogen (secondary N) is 3. The minimum absolute atomic E-state index is 0.236. The maximum absolute atomic E-state index is 13.5. The molecule has 0 saturated carbocycles. The van der Waals surface area contributed by atoms with Crippen LogP contribution in [0.25, 0.3) is 16.8 Å². The Morgan fingerprint density at radius 1 is 0.971 bits per heavy atom. The Morgan fingerprint density at radius 3 is 2.60 bits per heavy atom. The predicted molar refractivity (Wildman–Crippen MR) is 137 cm³/mol. The third kappa shape index (κ3) is 5.65. The molecule has 0 fully saturated rings. The summed E-state index contributed by atoms with van der Waals surface area (Å²) in [6.07, 6.45) is 8.67. The molecule has 3 amide bonds. The van der Waals surface area contributed by atoms with Crippen molar-refractivity contribution in [2.45, 2.75) is 25.0 Å². The molecule has 2 atom stereocenters. The summed E-state index contributed by atoms with van der Waals surface area (Å²) in [6, 6.07) is 18.6. The van der Waals surface area contributed by atoms with Gasteiger partial charge in [-0.2, -0.15) is 0 Å². The van der Waals surface area contributed by atoms with Crippen molar-refractivity contribution >= 4 is 35.1 Å². The Bertz CT molecular complexity index is 1290. The molecule has 0 aromatic heterocycles. The number of benzene rings is 3. The maximum atomic E-state index is 13.5. The standard InChI is InChI=1S/C28H28N4O3/c29-17-26(34)31-25(16-21-12-6-10-19-9-4-5-13-22(19)21)28(35)32-27(30-18-33)24-15-7-11-20-8-2-1-3-14-23(20)24/h1-13,15,18,25,27H,14,16-17,29H2,(H,30,33)(H,31,34)(H,32,35)/t25-,27-/m1/s1. The summed E-state index contributed by atoms with van der Waals surface area (Å²) in [5.41, 5.74) is 9.25. The normalized spacial score (nSPS) is 13.9. The molecule has 7 nitrogen and oxygen atoms in total. The number of nitrogens with two attached hydrogens (primary N) is 1. The summed E-state index contributed by atoms with van der Waals surface area (Å²) in [4.78, 5) is 37.1. The van der Waals surface area contributed by atoms with Crippen LogP contribution in [0.3, 0.4) is 0 Å². The number of carbonyl (C=O) groups is 3. The number of amides is 3. The third-order valence-corrected chi connectivity index (χ3v) is 6.07. The van der Waals surface area contributed by atoms with Crippen molar-refractivity contribution in [3.8, 4) is 0 Å². The molecule has 35 heavy (non-hydrogen) atoms. The lowest BCUT2D eigenvalue weighted by Gasteiger charge is -2.25. The van der Waals surface area contributed by atoms with Crippen LogP contribution in [-0.2, 0) is 27.2 Å². The first kappa shape index (κ1) is 23.9. The van der Waals surface area contributed by atoms with Gasteiger partial charge in [0.15, 0.2) is 0 Å². The van der Waals surface area contributed by atoms with Crippen molar-refractivity contribution in [1.82, 2.24) is 16.0 Å². The summed E-state index contributed by atoms with van der Waals surface area (Å²) in [6.45, 7) is -0.236. The van der Waals surface area contributed by atoms with E-state index in [4.69, 9.17) is 5.73 Å². The summed E-state index contributed by atoms with van der Waals surface area (Å²) < 4.78 is 0. The molecular formula is C28H28N4O3. The van der Waals surface area contributed by atoms with Crippen LogP contribution in [-0.4, -0.2) is 30.8 Å². The van der Waals surface area contributed by atoms with E-state index in [1.807, 2.05) is 85.0 Å². The van der Waals surface area contributed by atoms with Crippen LogP contribution in [0.15, 0.2) is 78.9 Å². The fourth-order valence-electron chi connectivity index (χ4n) is 4.38. The first-order valence-corrected chi connectivity index (χ1v) is 11.5. The van der Waals surface area contributed by atoms with Crippen LogP contribution in [0, 0.1) is 0 Å². The van der Waals surface area contributed by atoms with Crippen molar-refractivity contribution < 1.29 is 14.4 Å². The van der Waals surface area contributed by atoms with Crippen LogP contribution >= 0.6 is 0 Å². The summed E-state index contributed by atoms with van der Waals surface area (Å²) in [7, 11) is 0. The van der Waals surface area contributed by atoms with E-state index in [2.05, 4.69) is 16.0 Å². The third-order valence-electron chi connectivity index (χ3n) is 6.07. The molecule has 1 aliphatic rings. The highest BCUT2D eigenvalue weighted by Gasteiger charge is 2.26. The van der Waals surface area contributed by atoms with E-state index < -0.39 is 24.0 Å². The van der Waals surface area contributed by atoms with E-state index >= 15 is 0 Å². The second-order valence-electron chi connectivity index (χ2n) is 8.30. The van der Waals surface area contributed by atoms with Crippen molar-refractivity contribution in [2.75, 3.05) is 6.54 Å². The Hall–Kier alpha value is -4.23. The molecule has 0 radical (unpaired) electrons. The van der Waals surface area contributed by atoms with Crippen LogP contribution in [0.2, 0.25) is 0 Å². The molecule has 0 saturated heterocycles. The minimum atomic E-state index is -0.880. The number of carbonyl (C=O) groups excluding carboxylic acids is 3. The van der Waals surface area contributed by atoms with E-state index in [0.717, 1.165) is 33.0 Å². The van der Waals surface area contributed by atoms with Crippen LogP contribution < -0.4 is 21.7 Å². The Balaban J connectivity index is 1.63. The fraction of sp³-hybridized carbons (Fsp3) is 0.179. The van der Waals surface area contributed by atoms with E-state index in [9.17, 15) is 14.4 Å². The van der Waals surface area contributed by atoms with Gasteiger partial charge in [-0.15, -0.1) is 0 Å².